The number of aromatic nitrogens is 1. The van der Waals surface area contributed by atoms with Crippen LogP contribution in [0.25, 0.3) is 0 Å². The normalized spacial score (nSPS) is 10.8. The number of rotatable bonds is 6. The van der Waals surface area contributed by atoms with Crippen molar-refractivity contribution in [2.45, 2.75) is 6.54 Å². The summed E-state index contributed by atoms with van der Waals surface area (Å²) in [6.07, 6.45) is 3.24. The molecular formula is C17H21N5O2. The monoisotopic (exact) mass is 327 g/mol. The molecule has 1 amide bonds. The Morgan fingerprint density at radius 1 is 1.25 bits per heavy atom. The van der Waals surface area contributed by atoms with Gasteiger partial charge in [0.25, 0.3) is 0 Å². The van der Waals surface area contributed by atoms with Crippen LogP contribution in [0.5, 0.6) is 5.75 Å². The number of anilines is 1. The molecule has 0 atom stereocenters. The van der Waals surface area contributed by atoms with Gasteiger partial charge in [-0.05, 0) is 29.8 Å². The van der Waals surface area contributed by atoms with E-state index >= 15 is 0 Å². The highest BCUT2D eigenvalue weighted by Crippen LogP contribution is 2.11. The van der Waals surface area contributed by atoms with Gasteiger partial charge in [-0.1, -0.05) is 12.1 Å². The zero-order valence-electron chi connectivity index (χ0n) is 13.7. The molecule has 0 saturated heterocycles. The van der Waals surface area contributed by atoms with Crippen molar-refractivity contribution >= 4 is 17.6 Å². The third kappa shape index (κ3) is 5.60. The lowest BCUT2D eigenvalue weighted by atomic mass is 10.2. The lowest BCUT2D eigenvalue weighted by molar-refractivity contribution is -0.115. The van der Waals surface area contributed by atoms with E-state index in [0.29, 0.717) is 18.2 Å². The highest BCUT2D eigenvalue weighted by atomic mass is 16.5. The van der Waals surface area contributed by atoms with E-state index in [2.05, 4.69) is 25.9 Å². The number of methoxy groups -OCH3 is 1. The average molecular weight is 327 g/mol. The molecule has 0 unspecified atom stereocenters. The van der Waals surface area contributed by atoms with E-state index < -0.39 is 0 Å². The average Bonchev–Trinajstić information content (AvgIpc) is 2.63. The molecular weight excluding hydrogens is 306 g/mol. The maximum atomic E-state index is 11.9. The molecule has 1 heterocycles. The Kier molecular flexibility index (Phi) is 6.58. The number of carbonyl (C=O) groups excluding carboxylic acids is 1. The fourth-order valence-corrected chi connectivity index (χ4v) is 1.99. The molecule has 1 aromatic carbocycles. The fourth-order valence-electron chi connectivity index (χ4n) is 1.99. The zero-order valence-corrected chi connectivity index (χ0v) is 13.7. The minimum atomic E-state index is -0.174. The molecule has 0 aliphatic rings. The number of carbonyl (C=O) groups is 1. The predicted molar refractivity (Wildman–Crippen MR) is 94.1 cm³/mol. The van der Waals surface area contributed by atoms with Gasteiger partial charge in [-0.3, -0.25) is 14.8 Å². The maximum absolute atomic E-state index is 11.9. The van der Waals surface area contributed by atoms with Gasteiger partial charge in [0.1, 0.15) is 5.75 Å². The SMILES string of the molecule is CN=C(NCC(=O)Nc1cccnc1)NCc1cccc(OC)c1. The van der Waals surface area contributed by atoms with Crippen LogP contribution in [0.1, 0.15) is 5.56 Å². The van der Waals surface area contributed by atoms with Crippen molar-refractivity contribution in [3.8, 4) is 5.75 Å². The smallest absolute Gasteiger partial charge is 0.243 e. The molecule has 24 heavy (non-hydrogen) atoms. The Morgan fingerprint density at radius 2 is 2.12 bits per heavy atom. The number of hydrogen-bond donors (Lipinski definition) is 3. The van der Waals surface area contributed by atoms with Gasteiger partial charge in [0.05, 0.1) is 25.5 Å². The van der Waals surface area contributed by atoms with Gasteiger partial charge in [0.2, 0.25) is 5.91 Å². The summed E-state index contributed by atoms with van der Waals surface area (Å²) < 4.78 is 5.19. The van der Waals surface area contributed by atoms with Crippen molar-refractivity contribution in [3.63, 3.8) is 0 Å². The number of aliphatic imine (C=N–C) groups is 1. The molecule has 7 heteroatoms. The van der Waals surface area contributed by atoms with E-state index in [1.807, 2.05) is 24.3 Å². The van der Waals surface area contributed by atoms with E-state index in [1.54, 1.807) is 38.7 Å². The van der Waals surface area contributed by atoms with Gasteiger partial charge < -0.3 is 20.7 Å². The Hall–Kier alpha value is -3.09. The third-order valence-electron chi connectivity index (χ3n) is 3.18. The molecule has 0 aliphatic heterocycles. The quantitative estimate of drug-likeness (QED) is 0.551. The van der Waals surface area contributed by atoms with Crippen LogP contribution in [0.2, 0.25) is 0 Å². The van der Waals surface area contributed by atoms with Crippen molar-refractivity contribution in [2.24, 2.45) is 4.99 Å². The minimum Gasteiger partial charge on any atom is -0.497 e. The number of amides is 1. The Bertz CT molecular complexity index is 688. The van der Waals surface area contributed by atoms with Gasteiger partial charge in [-0.2, -0.15) is 0 Å². The van der Waals surface area contributed by atoms with Crippen LogP contribution in [-0.2, 0) is 11.3 Å². The first kappa shape index (κ1) is 17.3. The van der Waals surface area contributed by atoms with E-state index in [9.17, 15) is 4.79 Å². The van der Waals surface area contributed by atoms with Gasteiger partial charge in [0.15, 0.2) is 5.96 Å². The lowest BCUT2D eigenvalue weighted by Gasteiger charge is -2.12. The van der Waals surface area contributed by atoms with Crippen molar-refractivity contribution in [3.05, 3.63) is 54.4 Å². The maximum Gasteiger partial charge on any atom is 0.243 e. The predicted octanol–water partition coefficient (Wildman–Crippen LogP) is 1.39. The van der Waals surface area contributed by atoms with E-state index in [-0.39, 0.29) is 12.5 Å². The van der Waals surface area contributed by atoms with Crippen molar-refractivity contribution in [1.82, 2.24) is 15.6 Å². The molecule has 0 aliphatic carbocycles. The van der Waals surface area contributed by atoms with Crippen LogP contribution in [0.3, 0.4) is 0 Å². The summed E-state index contributed by atoms with van der Waals surface area (Å²) in [5.74, 6) is 1.17. The van der Waals surface area contributed by atoms with Crippen LogP contribution in [0, 0.1) is 0 Å². The largest absolute Gasteiger partial charge is 0.497 e. The van der Waals surface area contributed by atoms with Crippen LogP contribution in [0.4, 0.5) is 5.69 Å². The first-order valence-electron chi connectivity index (χ1n) is 7.48. The van der Waals surface area contributed by atoms with E-state index in [4.69, 9.17) is 4.74 Å². The molecule has 0 bridgehead atoms. The first-order chi connectivity index (χ1) is 11.7. The van der Waals surface area contributed by atoms with Crippen LogP contribution in [0.15, 0.2) is 53.8 Å². The third-order valence-corrected chi connectivity index (χ3v) is 3.18. The molecule has 2 aromatic rings. The minimum absolute atomic E-state index is 0.104. The first-order valence-corrected chi connectivity index (χ1v) is 7.48. The number of nitrogens with zero attached hydrogens (tertiary/aromatic N) is 2. The summed E-state index contributed by atoms with van der Waals surface area (Å²) in [5.41, 5.74) is 1.71. The summed E-state index contributed by atoms with van der Waals surface area (Å²) >= 11 is 0. The number of pyridine rings is 1. The zero-order chi connectivity index (χ0) is 17.2. The molecule has 0 fully saturated rings. The summed E-state index contributed by atoms with van der Waals surface area (Å²) in [6, 6.07) is 11.3. The Balaban J connectivity index is 1.78. The van der Waals surface area contributed by atoms with Gasteiger partial charge >= 0.3 is 0 Å². The highest BCUT2D eigenvalue weighted by molar-refractivity contribution is 5.94. The van der Waals surface area contributed by atoms with Crippen molar-refractivity contribution in [2.75, 3.05) is 26.0 Å². The van der Waals surface area contributed by atoms with Gasteiger partial charge in [0, 0.05) is 19.8 Å². The molecule has 126 valence electrons. The Labute approximate surface area is 141 Å². The van der Waals surface area contributed by atoms with Crippen LogP contribution < -0.4 is 20.7 Å². The topological polar surface area (TPSA) is 87.6 Å². The fraction of sp³-hybridized carbons (Fsp3) is 0.235. The second-order valence-electron chi connectivity index (χ2n) is 4.92. The molecule has 0 radical (unpaired) electrons. The molecule has 3 N–H and O–H groups in total. The number of guanidine groups is 1. The number of nitrogens with one attached hydrogen (secondary N) is 3. The second-order valence-corrected chi connectivity index (χ2v) is 4.92. The summed E-state index contributed by atoms with van der Waals surface area (Å²) in [5, 5.41) is 8.86. The molecule has 1 aromatic heterocycles. The van der Waals surface area contributed by atoms with E-state index in [0.717, 1.165) is 11.3 Å². The molecule has 7 nitrogen and oxygen atoms in total. The van der Waals surface area contributed by atoms with Crippen LogP contribution in [-0.4, -0.2) is 37.6 Å². The van der Waals surface area contributed by atoms with Crippen LogP contribution >= 0.6 is 0 Å². The summed E-state index contributed by atoms with van der Waals surface area (Å²) in [6.45, 7) is 0.674. The summed E-state index contributed by atoms with van der Waals surface area (Å²) in [4.78, 5) is 19.9. The van der Waals surface area contributed by atoms with Crippen molar-refractivity contribution in [1.29, 1.82) is 0 Å². The van der Waals surface area contributed by atoms with Gasteiger partial charge in [-0.25, -0.2) is 0 Å². The Morgan fingerprint density at radius 3 is 2.83 bits per heavy atom. The second kappa shape index (κ2) is 9.14. The lowest BCUT2D eigenvalue weighted by Crippen LogP contribution is -2.41. The molecule has 0 saturated carbocycles. The standard InChI is InChI=1S/C17H21N5O2/c1-18-17(20-10-13-5-3-7-15(9-13)24-2)21-12-16(23)22-14-6-4-8-19-11-14/h3-9,11H,10,12H2,1-2H3,(H,22,23)(H2,18,20,21). The highest BCUT2D eigenvalue weighted by Gasteiger charge is 2.04. The number of hydrogen-bond acceptors (Lipinski definition) is 4. The van der Waals surface area contributed by atoms with E-state index in [1.165, 1.54) is 0 Å². The molecule has 2 rings (SSSR count). The summed E-state index contributed by atoms with van der Waals surface area (Å²) in [7, 11) is 3.29. The number of ether oxygens (including phenoxy) is 1. The number of benzene rings is 1. The molecule has 0 spiro atoms. The van der Waals surface area contributed by atoms with Crippen molar-refractivity contribution < 1.29 is 9.53 Å². The van der Waals surface area contributed by atoms with Gasteiger partial charge in [-0.15, -0.1) is 0 Å².